The number of carbonyl (C=O) groups excluding carboxylic acids is 2. The maximum Gasteiger partial charge on any atom is 0.303 e. The Hall–Kier alpha value is -3.86. The Labute approximate surface area is 274 Å². The highest BCUT2D eigenvalue weighted by molar-refractivity contribution is 7.99. The molecule has 16 heteroatoms. The number of pyridine rings is 1. The lowest BCUT2D eigenvalue weighted by atomic mass is 9.96. The minimum Gasteiger partial charge on any atom is -0.463 e. The van der Waals surface area contributed by atoms with E-state index < -0.39 is 66.5 Å². The van der Waals surface area contributed by atoms with Gasteiger partial charge in [-0.05, 0) is 18.2 Å². The van der Waals surface area contributed by atoms with E-state index in [1.54, 1.807) is 6.07 Å². The van der Waals surface area contributed by atoms with Gasteiger partial charge in [-0.2, -0.15) is 5.26 Å². The zero-order valence-electron chi connectivity index (χ0n) is 25.7. The summed E-state index contributed by atoms with van der Waals surface area (Å²) in [5, 5.41) is 17.4. The first kappa shape index (κ1) is 35.0. The molecule has 1 fully saturated rings. The second-order valence-corrected chi connectivity index (χ2v) is 17.5. The zero-order chi connectivity index (χ0) is 33.8. The standard InChI is InChI=1S/C30H30ClF2N5O6SSi/c1-16(39)42-15-24-28(43-17(2)40)27(38-14-23(36-37-38)19-10-20(32)26(31)21(33)11-19)29(41-3)30(44-24)45-25-9-18(7-8-46(4,5)6)13-35-22(25)12-34/h9-11,13-14,24,27-30H,15H2,1-6H3/t24?,27?,28-,29?,30+/m0/s1. The third-order valence-corrected chi connectivity index (χ3v) is 8.93. The van der Waals surface area contributed by atoms with Crippen molar-refractivity contribution in [3.8, 4) is 28.8 Å². The summed E-state index contributed by atoms with van der Waals surface area (Å²) in [6.07, 6.45) is -0.171. The van der Waals surface area contributed by atoms with Crippen molar-refractivity contribution in [1.82, 2.24) is 20.0 Å². The smallest absolute Gasteiger partial charge is 0.303 e. The molecule has 4 rings (SSSR count). The van der Waals surface area contributed by atoms with E-state index in [9.17, 15) is 23.6 Å². The summed E-state index contributed by atoms with van der Waals surface area (Å²) in [6, 6.07) is 4.87. The molecule has 0 N–H and O–H groups in total. The summed E-state index contributed by atoms with van der Waals surface area (Å²) >= 11 is 6.77. The Kier molecular flexibility index (Phi) is 11.2. The topological polar surface area (TPSA) is 138 Å². The number of benzene rings is 1. The first-order chi connectivity index (χ1) is 21.7. The summed E-state index contributed by atoms with van der Waals surface area (Å²) < 4.78 is 53.0. The SMILES string of the molecule is COC1C(n2cc(-c3cc(F)c(Cl)c(F)c3)nn2)[C@@H](OC(C)=O)C(COC(C)=O)O[C@@H]1Sc1cc(C#C[Si](C)(C)C)cnc1C#N. The number of aromatic nitrogens is 4. The fraction of sp³-hybridized carbons (Fsp3) is 0.400. The molecule has 46 heavy (non-hydrogen) atoms. The van der Waals surface area contributed by atoms with Gasteiger partial charge in [0.1, 0.15) is 66.8 Å². The number of nitriles is 1. The van der Waals surface area contributed by atoms with Crippen LogP contribution in [0.15, 0.2) is 35.5 Å². The molecule has 3 unspecified atom stereocenters. The van der Waals surface area contributed by atoms with Crippen LogP contribution < -0.4 is 0 Å². The number of nitrogens with zero attached hydrogens (tertiary/aromatic N) is 5. The third kappa shape index (κ3) is 8.48. The van der Waals surface area contributed by atoms with Crippen molar-refractivity contribution < 1.29 is 37.3 Å². The maximum absolute atomic E-state index is 14.3. The van der Waals surface area contributed by atoms with E-state index in [1.807, 2.05) is 0 Å². The minimum absolute atomic E-state index is 0.0547. The predicted octanol–water partition coefficient (Wildman–Crippen LogP) is 4.94. The molecule has 0 amide bonds. The van der Waals surface area contributed by atoms with Gasteiger partial charge in [0.25, 0.3) is 0 Å². The molecule has 1 aromatic carbocycles. The molecule has 2 aromatic heterocycles. The molecule has 0 spiro atoms. The summed E-state index contributed by atoms with van der Waals surface area (Å²) in [5.41, 5.74) is 3.22. The van der Waals surface area contributed by atoms with Crippen molar-refractivity contribution in [1.29, 1.82) is 5.26 Å². The highest BCUT2D eigenvalue weighted by Crippen LogP contribution is 2.42. The number of ether oxygens (including phenoxy) is 4. The number of hydrogen-bond acceptors (Lipinski definition) is 11. The predicted molar refractivity (Wildman–Crippen MR) is 166 cm³/mol. The van der Waals surface area contributed by atoms with Crippen LogP contribution in [0, 0.1) is 34.4 Å². The van der Waals surface area contributed by atoms with E-state index in [-0.39, 0.29) is 23.6 Å². The van der Waals surface area contributed by atoms with E-state index in [0.29, 0.717) is 10.5 Å². The Morgan fingerprint density at radius 2 is 1.85 bits per heavy atom. The van der Waals surface area contributed by atoms with Crippen molar-refractivity contribution in [2.24, 2.45) is 0 Å². The molecule has 11 nitrogen and oxygen atoms in total. The normalized spacial score (nSPS) is 21.1. The lowest BCUT2D eigenvalue weighted by Gasteiger charge is -2.44. The Morgan fingerprint density at radius 1 is 1.15 bits per heavy atom. The number of esters is 2. The number of thioether (sulfide) groups is 1. The molecule has 1 aliphatic rings. The molecular weight excluding hydrogens is 660 g/mol. The second kappa shape index (κ2) is 14.7. The fourth-order valence-corrected chi connectivity index (χ4v) is 6.43. The highest BCUT2D eigenvalue weighted by atomic mass is 35.5. The first-order valence-electron chi connectivity index (χ1n) is 13.9. The van der Waals surface area contributed by atoms with Crippen molar-refractivity contribution in [2.75, 3.05) is 13.7 Å². The molecule has 1 saturated heterocycles. The van der Waals surface area contributed by atoms with E-state index >= 15 is 0 Å². The van der Waals surface area contributed by atoms with Gasteiger partial charge < -0.3 is 18.9 Å². The van der Waals surface area contributed by atoms with Gasteiger partial charge in [0, 0.05) is 43.2 Å². The summed E-state index contributed by atoms with van der Waals surface area (Å²) in [7, 11) is -0.308. The minimum atomic E-state index is -1.72. The zero-order valence-corrected chi connectivity index (χ0v) is 28.3. The molecule has 1 aliphatic heterocycles. The van der Waals surface area contributed by atoms with E-state index in [1.165, 1.54) is 38.0 Å². The molecule has 0 aliphatic carbocycles. The van der Waals surface area contributed by atoms with Crippen LogP contribution in [0.5, 0.6) is 0 Å². The van der Waals surface area contributed by atoms with Gasteiger partial charge >= 0.3 is 11.9 Å². The maximum atomic E-state index is 14.3. The quantitative estimate of drug-likeness (QED) is 0.138. The first-order valence-corrected chi connectivity index (χ1v) is 18.6. The largest absolute Gasteiger partial charge is 0.463 e. The molecule has 5 atom stereocenters. The van der Waals surface area contributed by atoms with Crippen LogP contribution in [-0.4, -0.2) is 77.5 Å². The molecule has 0 radical (unpaired) electrons. The van der Waals surface area contributed by atoms with E-state index in [0.717, 1.165) is 23.9 Å². The van der Waals surface area contributed by atoms with Gasteiger partial charge in [-0.15, -0.1) is 10.6 Å². The van der Waals surface area contributed by atoms with Crippen LogP contribution in [0.25, 0.3) is 11.3 Å². The summed E-state index contributed by atoms with van der Waals surface area (Å²) in [4.78, 5) is 28.8. The van der Waals surface area contributed by atoms with Gasteiger partial charge in [-0.1, -0.05) is 54.1 Å². The average molecular weight is 690 g/mol. The van der Waals surface area contributed by atoms with Crippen molar-refractivity contribution in [2.45, 2.75) is 68.2 Å². The molecule has 3 heterocycles. The van der Waals surface area contributed by atoms with Crippen LogP contribution in [-0.2, 0) is 28.5 Å². The van der Waals surface area contributed by atoms with Crippen LogP contribution in [0.2, 0.25) is 24.7 Å². The Balaban J connectivity index is 1.80. The van der Waals surface area contributed by atoms with Gasteiger partial charge in [-0.25, -0.2) is 18.4 Å². The third-order valence-electron chi connectivity index (χ3n) is 6.52. The van der Waals surface area contributed by atoms with Gasteiger partial charge in [0.15, 0.2) is 11.8 Å². The second-order valence-electron chi connectivity index (χ2n) is 11.2. The number of methoxy groups -OCH3 is 1. The molecule has 0 saturated carbocycles. The summed E-state index contributed by atoms with van der Waals surface area (Å²) in [5.74, 6) is -0.106. The molecule has 0 bridgehead atoms. The highest BCUT2D eigenvalue weighted by Gasteiger charge is 2.51. The van der Waals surface area contributed by atoms with E-state index in [4.69, 9.17) is 30.5 Å². The van der Waals surface area contributed by atoms with Crippen molar-refractivity contribution >= 4 is 43.4 Å². The van der Waals surface area contributed by atoms with Crippen LogP contribution in [0.4, 0.5) is 8.78 Å². The number of hydrogen-bond donors (Lipinski definition) is 0. The Morgan fingerprint density at radius 3 is 2.43 bits per heavy atom. The van der Waals surface area contributed by atoms with Gasteiger partial charge in [0.05, 0.1) is 6.20 Å². The fourth-order valence-electron chi connectivity index (χ4n) is 4.54. The molecular formula is C30H30ClF2N5O6SSi. The van der Waals surface area contributed by atoms with Crippen LogP contribution in [0.3, 0.4) is 0 Å². The van der Waals surface area contributed by atoms with E-state index in [2.05, 4.69) is 52.5 Å². The Bertz CT molecular complexity index is 1710. The number of halogens is 3. The molecule has 3 aromatic rings. The van der Waals surface area contributed by atoms with Crippen LogP contribution in [0.1, 0.15) is 31.1 Å². The number of carbonyl (C=O) groups is 2. The van der Waals surface area contributed by atoms with Crippen LogP contribution >= 0.6 is 23.4 Å². The lowest BCUT2D eigenvalue weighted by Crippen LogP contribution is -2.57. The molecule has 242 valence electrons. The van der Waals surface area contributed by atoms with Gasteiger partial charge in [-0.3, -0.25) is 9.59 Å². The van der Waals surface area contributed by atoms with Crippen molar-refractivity contribution in [3.05, 3.63) is 58.5 Å². The average Bonchev–Trinajstić information content (AvgIpc) is 3.47. The van der Waals surface area contributed by atoms with Gasteiger partial charge in [0.2, 0.25) is 0 Å². The van der Waals surface area contributed by atoms with Crippen molar-refractivity contribution in [3.63, 3.8) is 0 Å². The monoisotopic (exact) mass is 689 g/mol. The lowest BCUT2D eigenvalue weighted by molar-refractivity contribution is -0.208. The number of rotatable bonds is 8. The summed E-state index contributed by atoms with van der Waals surface area (Å²) in [6.45, 7) is 8.42.